The molecule has 1 heterocycles. The number of anilines is 1. The van der Waals surface area contributed by atoms with Crippen molar-refractivity contribution in [3.05, 3.63) is 46.7 Å². The first-order valence-electron chi connectivity index (χ1n) is 5.95. The van der Waals surface area contributed by atoms with Crippen molar-refractivity contribution in [2.45, 2.75) is 18.6 Å². The minimum atomic E-state index is -3.55. The van der Waals surface area contributed by atoms with E-state index in [0.717, 1.165) is 11.3 Å². The Hall–Kier alpha value is -1.50. The smallest absolute Gasteiger partial charge is 0.273 e. The number of nitrogens with one attached hydrogen (secondary N) is 2. The molecule has 0 bridgehead atoms. The molecule has 2 aromatic rings. The fourth-order valence-electron chi connectivity index (χ4n) is 1.73. The van der Waals surface area contributed by atoms with Crippen molar-refractivity contribution in [3.63, 3.8) is 0 Å². The van der Waals surface area contributed by atoms with Gasteiger partial charge in [0.05, 0.1) is 17.3 Å². The van der Waals surface area contributed by atoms with Gasteiger partial charge in [0, 0.05) is 0 Å². The Labute approximate surface area is 123 Å². The molecule has 0 spiro atoms. The third kappa shape index (κ3) is 3.15. The van der Waals surface area contributed by atoms with Crippen molar-refractivity contribution >= 4 is 27.3 Å². The van der Waals surface area contributed by atoms with Gasteiger partial charge in [-0.05, 0) is 37.7 Å². The van der Waals surface area contributed by atoms with Crippen molar-refractivity contribution in [2.75, 3.05) is 12.4 Å². The van der Waals surface area contributed by atoms with E-state index >= 15 is 0 Å². The third-order valence-electron chi connectivity index (χ3n) is 2.83. The highest BCUT2D eigenvalue weighted by atomic mass is 35.5. The zero-order chi connectivity index (χ0) is 14.8. The van der Waals surface area contributed by atoms with Crippen molar-refractivity contribution in [1.29, 1.82) is 0 Å². The van der Waals surface area contributed by atoms with E-state index in [1.807, 2.05) is 19.1 Å². The average molecular weight is 315 g/mol. The molecule has 0 aliphatic rings. The second-order valence-corrected chi connectivity index (χ2v) is 6.44. The number of hydrogen-bond donors (Lipinski definition) is 2. The third-order valence-corrected chi connectivity index (χ3v) is 4.43. The Morgan fingerprint density at radius 3 is 2.65 bits per heavy atom. The molecular formula is C13H15ClN2O3S. The summed E-state index contributed by atoms with van der Waals surface area (Å²) in [5.74, 6) is 0.512. The van der Waals surface area contributed by atoms with Crippen molar-refractivity contribution in [3.8, 4) is 0 Å². The van der Waals surface area contributed by atoms with E-state index in [1.165, 1.54) is 13.1 Å². The van der Waals surface area contributed by atoms with E-state index in [2.05, 4.69) is 10.0 Å². The molecule has 0 saturated heterocycles. The highest BCUT2D eigenvalue weighted by Gasteiger charge is 2.16. The molecule has 1 aromatic carbocycles. The zero-order valence-corrected chi connectivity index (χ0v) is 12.7. The van der Waals surface area contributed by atoms with Crippen LogP contribution < -0.4 is 10.0 Å². The minimum Gasteiger partial charge on any atom is -0.446 e. The van der Waals surface area contributed by atoms with Crippen LogP contribution in [0.15, 0.2) is 39.8 Å². The molecule has 0 atom stereocenters. The summed E-state index contributed by atoms with van der Waals surface area (Å²) in [6.07, 6.45) is 0. The standard InChI is InChI=1S/C13H15ClN2O3S/c1-9-4-3-5-11(14)13(9)16-8-10-6-7-12(19-10)20(17,18)15-2/h3-7,15-16H,8H2,1-2H3. The molecule has 0 aliphatic heterocycles. The van der Waals surface area contributed by atoms with Gasteiger partial charge in [0.2, 0.25) is 5.09 Å². The van der Waals surface area contributed by atoms with E-state index in [-0.39, 0.29) is 5.09 Å². The van der Waals surface area contributed by atoms with Gasteiger partial charge in [-0.25, -0.2) is 13.1 Å². The van der Waals surface area contributed by atoms with Crippen LogP contribution in [0.4, 0.5) is 5.69 Å². The Balaban J connectivity index is 2.13. The van der Waals surface area contributed by atoms with Gasteiger partial charge in [0.15, 0.2) is 0 Å². The van der Waals surface area contributed by atoms with Crippen LogP contribution in [0.1, 0.15) is 11.3 Å². The first-order valence-corrected chi connectivity index (χ1v) is 7.81. The van der Waals surface area contributed by atoms with Crippen LogP contribution in [0.2, 0.25) is 5.02 Å². The molecule has 0 fully saturated rings. The molecule has 0 unspecified atom stereocenters. The maximum Gasteiger partial charge on any atom is 0.273 e. The van der Waals surface area contributed by atoms with Gasteiger partial charge >= 0.3 is 0 Å². The second kappa shape index (κ2) is 5.87. The van der Waals surface area contributed by atoms with Crippen LogP contribution in [0.3, 0.4) is 0 Å². The van der Waals surface area contributed by atoms with Crippen LogP contribution in [0.25, 0.3) is 0 Å². The summed E-state index contributed by atoms with van der Waals surface area (Å²) in [4.78, 5) is 0. The van der Waals surface area contributed by atoms with Crippen molar-refractivity contribution in [2.24, 2.45) is 0 Å². The fraction of sp³-hybridized carbons (Fsp3) is 0.231. The van der Waals surface area contributed by atoms with E-state index in [0.29, 0.717) is 17.3 Å². The SMILES string of the molecule is CNS(=O)(=O)c1ccc(CNc2c(C)cccc2Cl)o1. The molecule has 1 aromatic heterocycles. The molecule has 0 saturated carbocycles. The van der Waals surface area contributed by atoms with Gasteiger partial charge in [-0.2, -0.15) is 0 Å². The number of para-hydroxylation sites is 1. The van der Waals surface area contributed by atoms with Gasteiger partial charge in [-0.3, -0.25) is 0 Å². The first-order chi connectivity index (χ1) is 9.44. The van der Waals surface area contributed by atoms with Gasteiger partial charge in [0.1, 0.15) is 5.76 Å². The summed E-state index contributed by atoms with van der Waals surface area (Å²) >= 11 is 6.10. The number of rotatable bonds is 5. The number of hydrogen-bond acceptors (Lipinski definition) is 4. The topological polar surface area (TPSA) is 71.3 Å². The molecule has 0 amide bonds. The lowest BCUT2D eigenvalue weighted by molar-refractivity contribution is 0.417. The van der Waals surface area contributed by atoms with E-state index < -0.39 is 10.0 Å². The largest absolute Gasteiger partial charge is 0.446 e. The molecule has 20 heavy (non-hydrogen) atoms. The molecule has 7 heteroatoms. The van der Waals surface area contributed by atoms with Gasteiger partial charge in [-0.1, -0.05) is 23.7 Å². The molecule has 0 radical (unpaired) electrons. The van der Waals surface area contributed by atoms with Crippen LogP contribution in [0.5, 0.6) is 0 Å². The Morgan fingerprint density at radius 1 is 1.25 bits per heavy atom. The normalized spacial score (nSPS) is 11.6. The predicted molar refractivity (Wildman–Crippen MR) is 78.5 cm³/mol. The molecule has 108 valence electrons. The van der Waals surface area contributed by atoms with Gasteiger partial charge in [-0.15, -0.1) is 0 Å². The maximum atomic E-state index is 11.6. The van der Waals surface area contributed by atoms with Crippen molar-refractivity contribution in [1.82, 2.24) is 4.72 Å². The summed E-state index contributed by atoms with van der Waals surface area (Å²) in [6.45, 7) is 2.29. The summed E-state index contributed by atoms with van der Waals surface area (Å²) in [7, 11) is -2.21. The highest BCUT2D eigenvalue weighted by molar-refractivity contribution is 7.89. The minimum absolute atomic E-state index is 0.104. The Bertz CT molecular complexity index is 690. The van der Waals surface area contributed by atoms with Gasteiger partial charge in [0.25, 0.3) is 10.0 Å². The number of furan rings is 1. The zero-order valence-electron chi connectivity index (χ0n) is 11.1. The Morgan fingerprint density at radius 2 is 2.00 bits per heavy atom. The Kier molecular flexibility index (Phi) is 4.37. The molecule has 0 aliphatic carbocycles. The summed E-state index contributed by atoms with van der Waals surface area (Å²) in [6, 6.07) is 8.63. The molecule has 5 nitrogen and oxygen atoms in total. The lowest BCUT2D eigenvalue weighted by Gasteiger charge is -2.09. The summed E-state index contributed by atoms with van der Waals surface area (Å²) < 4.78 is 30.6. The lowest BCUT2D eigenvalue weighted by Crippen LogP contribution is -2.17. The summed E-state index contributed by atoms with van der Waals surface area (Å²) in [5, 5.41) is 3.65. The first kappa shape index (κ1) is 14.9. The molecule has 2 N–H and O–H groups in total. The van der Waals surface area contributed by atoms with E-state index in [4.69, 9.17) is 16.0 Å². The van der Waals surface area contributed by atoms with Crippen LogP contribution in [0, 0.1) is 6.92 Å². The maximum absolute atomic E-state index is 11.6. The van der Waals surface area contributed by atoms with E-state index in [1.54, 1.807) is 12.1 Å². The molecular weight excluding hydrogens is 300 g/mol. The number of halogens is 1. The second-order valence-electron chi connectivity index (χ2n) is 4.21. The highest BCUT2D eigenvalue weighted by Crippen LogP contribution is 2.26. The quantitative estimate of drug-likeness (QED) is 0.890. The van der Waals surface area contributed by atoms with Gasteiger partial charge < -0.3 is 9.73 Å². The number of sulfonamides is 1. The predicted octanol–water partition coefficient (Wildman–Crippen LogP) is 2.76. The van der Waals surface area contributed by atoms with Crippen molar-refractivity contribution < 1.29 is 12.8 Å². The lowest BCUT2D eigenvalue weighted by atomic mass is 10.2. The van der Waals surface area contributed by atoms with E-state index in [9.17, 15) is 8.42 Å². The number of benzene rings is 1. The fourth-order valence-corrected chi connectivity index (χ4v) is 2.68. The van der Waals surface area contributed by atoms with Crippen LogP contribution >= 0.6 is 11.6 Å². The van der Waals surface area contributed by atoms with Crippen LogP contribution in [-0.4, -0.2) is 15.5 Å². The molecule has 2 rings (SSSR count). The summed E-state index contributed by atoms with van der Waals surface area (Å²) in [5.41, 5.74) is 1.82. The number of aryl methyl sites for hydroxylation is 1. The monoisotopic (exact) mass is 314 g/mol. The van der Waals surface area contributed by atoms with Crippen LogP contribution in [-0.2, 0) is 16.6 Å². The average Bonchev–Trinajstić information content (AvgIpc) is 2.88.